The maximum absolute atomic E-state index is 12.0. The van der Waals surface area contributed by atoms with Crippen molar-refractivity contribution in [1.29, 1.82) is 0 Å². The molecule has 0 fully saturated rings. The molecule has 1 aromatic heterocycles. The van der Waals surface area contributed by atoms with E-state index in [0.717, 1.165) is 16.6 Å². The fraction of sp³-hybridized carbons (Fsp3) is 0.188. The number of aromatic nitrogens is 2. The molecule has 4 heteroatoms. The van der Waals surface area contributed by atoms with Crippen LogP contribution in [0.2, 0.25) is 0 Å². The standard InChI is InChI=1S/C16H15BrN2O/c1-18-13-9-8-12(10-14(13)19(2)16(18)20)15(17)11-6-4-3-5-7-11/h3-10,15H,1-2H3. The second-order valence-corrected chi connectivity index (χ2v) is 5.84. The van der Waals surface area contributed by atoms with Crippen LogP contribution in [0.15, 0.2) is 53.3 Å². The number of nitrogens with zero attached hydrogens (tertiary/aromatic N) is 2. The van der Waals surface area contributed by atoms with Gasteiger partial charge in [-0.05, 0) is 23.3 Å². The highest BCUT2D eigenvalue weighted by molar-refractivity contribution is 9.09. The quantitative estimate of drug-likeness (QED) is 0.662. The molecule has 102 valence electrons. The highest BCUT2D eigenvalue weighted by Crippen LogP contribution is 2.31. The molecule has 2 aromatic carbocycles. The Labute approximate surface area is 125 Å². The zero-order chi connectivity index (χ0) is 14.3. The first-order chi connectivity index (χ1) is 9.59. The summed E-state index contributed by atoms with van der Waals surface area (Å²) in [4.78, 5) is 12.1. The molecule has 0 aliphatic heterocycles. The first-order valence-corrected chi connectivity index (χ1v) is 7.35. The Balaban J connectivity index is 2.14. The van der Waals surface area contributed by atoms with Gasteiger partial charge >= 0.3 is 5.69 Å². The van der Waals surface area contributed by atoms with E-state index in [-0.39, 0.29) is 10.5 Å². The van der Waals surface area contributed by atoms with Gasteiger partial charge in [0.2, 0.25) is 0 Å². The van der Waals surface area contributed by atoms with E-state index in [4.69, 9.17) is 0 Å². The van der Waals surface area contributed by atoms with Crippen LogP contribution in [0, 0.1) is 0 Å². The molecule has 3 rings (SSSR count). The Morgan fingerprint density at radius 3 is 2.25 bits per heavy atom. The van der Waals surface area contributed by atoms with Crippen LogP contribution >= 0.6 is 15.9 Å². The van der Waals surface area contributed by atoms with Crippen LogP contribution in [-0.4, -0.2) is 9.13 Å². The van der Waals surface area contributed by atoms with Crippen molar-refractivity contribution in [3.05, 3.63) is 70.1 Å². The van der Waals surface area contributed by atoms with E-state index in [1.807, 2.05) is 24.3 Å². The Morgan fingerprint density at radius 1 is 0.900 bits per heavy atom. The third-order valence-electron chi connectivity index (χ3n) is 3.68. The van der Waals surface area contributed by atoms with Crippen LogP contribution in [0.25, 0.3) is 11.0 Å². The summed E-state index contributed by atoms with van der Waals surface area (Å²) in [6.45, 7) is 0. The highest BCUT2D eigenvalue weighted by Gasteiger charge is 2.13. The van der Waals surface area contributed by atoms with E-state index < -0.39 is 0 Å². The third kappa shape index (κ3) is 2.00. The van der Waals surface area contributed by atoms with Crippen molar-refractivity contribution in [1.82, 2.24) is 9.13 Å². The summed E-state index contributed by atoms with van der Waals surface area (Å²) in [7, 11) is 3.60. The molecule has 3 aromatic rings. The lowest BCUT2D eigenvalue weighted by Gasteiger charge is -2.11. The van der Waals surface area contributed by atoms with E-state index in [1.54, 1.807) is 23.2 Å². The number of benzene rings is 2. The maximum atomic E-state index is 12.0. The molecule has 0 radical (unpaired) electrons. The molecule has 0 amide bonds. The Kier molecular flexibility index (Phi) is 3.26. The number of aryl methyl sites for hydroxylation is 2. The minimum atomic E-state index is 0.00276. The molecule has 0 spiro atoms. The van der Waals surface area contributed by atoms with Gasteiger partial charge in [0.15, 0.2) is 0 Å². The van der Waals surface area contributed by atoms with Crippen LogP contribution in [-0.2, 0) is 14.1 Å². The van der Waals surface area contributed by atoms with E-state index >= 15 is 0 Å². The summed E-state index contributed by atoms with van der Waals surface area (Å²) >= 11 is 3.74. The zero-order valence-electron chi connectivity index (χ0n) is 11.4. The molecule has 1 atom stereocenters. The monoisotopic (exact) mass is 330 g/mol. The topological polar surface area (TPSA) is 26.9 Å². The molecule has 1 heterocycles. The number of alkyl halides is 1. The lowest BCUT2D eigenvalue weighted by molar-refractivity contribution is 0.795. The van der Waals surface area contributed by atoms with Gasteiger partial charge < -0.3 is 0 Å². The molecule has 1 unspecified atom stereocenters. The number of hydrogen-bond donors (Lipinski definition) is 0. The Hall–Kier alpha value is -1.81. The van der Waals surface area contributed by atoms with Crippen LogP contribution < -0.4 is 5.69 Å². The third-order valence-corrected chi connectivity index (χ3v) is 4.74. The van der Waals surface area contributed by atoms with Gasteiger partial charge in [0.25, 0.3) is 0 Å². The normalized spacial score (nSPS) is 12.8. The van der Waals surface area contributed by atoms with E-state index in [0.29, 0.717) is 0 Å². The summed E-state index contributed by atoms with van der Waals surface area (Å²) in [5.74, 6) is 0. The molecule has 20 heavy (non-hydrogen) atoms. The van der Waals surface area contributed by atoms with Crippen LogP contribution in [0.3, 0.4) is 0 Å². The molecule has 3 nitrogen and oxygen atoms in total. The van der Waals surface area contributed by atoms with E-state index in [1.165, 1.54) is 5.56 Å². The fourth-order valence-electron chi connectivity index (χ4n) is 2.50. The summed E-state index contributed by atoms with van der Waals surface area (Å²) in [6, 6.07) is 16.4. The van der Waals surface area contributed by atoms with Gasteiger partial charge in [-0.25, -0.2) is 4.79 Å². The first kappa shape index (κ1) is 13.2. The fourth-order valence-corrected chi connectivity index (χ4v) is 3.09. The smallest absolute Gasteiger partial charge is 0.295 e. The minimum Gasteiger partial charge on any atom is -0.295 e. The van der Waals surface area contributed by atoms with Crippen molar-refractivity contribution in [2.24, 2.45) is 14.1 Å². The van der Waals surface area contributed by atoms with Crippen molar-refractivity contribution >= 4 is 27.0 Å². The highest BCUT2D eigenvalue weighted by atomic mass is 79.9. The van der Waals surface area contributed by atoms with Crippen LogP contribution in [0.1, 0.15) is 16.0 Å². The first-order valence-electron chi connectivity index (χ1n) is 6.44. The molecule has 0 N–H and O–H groups in total. The van der Waals surface area contributed by atoms with Gasteiger partial charge in [-0.3, -0.25) is 9.13 Å². The molecule has 0 bridgehead atoms. The molecular weight excluding hydrogens is 316 g/mol. The van der Waals surface area contributed by atoms with Crippen molar-refractivity contribution in [2.75, 3.05) is 0 Å². The number of imidazole rings is 1. The van der Waals surface area contributed by atoms with Gasteiger partial charge in [-0.1, -0.05) is 52.3 Å². The molecule has 0 aliphatic carbocycles. The predicted molar refractivity (Wildman–Crippen MR) is 85.4 cm³/mol. The van der Waals surface area contributed by atoms with Crippen molar-refractivity contribution < 1.29 is 0 Å². The summed E-state index contributed by atoms with van der Waals surface area (Å²) in [5, 5.41) is 0. The second kappa shape index (κ2) is 4.94. The number of fused-ring (bicyclic) bond motifs is 1. The van der Waals surface area contributed by atoms with Gasteiger partial charge in [0.1, 0.15) is 0 Å². The Morgan fingerprint density at radius 2 is 1.55 bits per heavy atom. The summed E-state index contributed by atoms with van der Waals surface area (Å²) < 4.78 is 3.36. The van der Waals surface area contributed by atoms with Crippen LogP contribution in [0.5, 0.6) is 0 Å². The largest absolute Gasteiger partial charge is 0.328 e. The molecule has 0 aliphatic rings. The lowest BCUT2D eigenvalue weighted by Crippen LogP contribution is -2.19. The van der Waals surface area contributed by atoms with Gasteiger partial charge in [0, 0.05) is 14.1 Å². The average Bonchev–Trinajstić information content (AvgIpc) is 2.72. The SMILES string of the molecule is Cn1c(=O)n(C)c2cc(C(Br)c3ccccc3)ccc21. The number of rotatable bonds is 2. The van der Waals surface area contributed by atoms with Crippen molar-refractivity contribution in [3.63, 3.8) is 0 Å². The molecule has 0 saturated carbocycles. The van der Waals surface area contributed by atoms with Gasteiger partial charge in [-0.2, -0.15) is 0 Å². The minimum absolute atomic E-state index is 0.00276. The van der Waals surface area contributed by atoms with E-state index in [2.05, 4.69) is 40.2 Å². The predicted octanol–water partition coefficient (Wildman–Crippen LogP) is 3.36. The van der Waals surface area contributed by atoms with Crippen molar-refractivity contribution in [2.45, 2.75) is 4.83 Å². The number of hydrogen-bond acceptors (Lipinski definition) is 1. The van der Waals surface area contributed by atoms with Crippen molar-refractivity contribution in [3.8, 4) is 0 Å². The zero-order valence-corrected chi connectivity index (χ0v) is 13.0. The summed E-state index contributed by atoms with van der Waals surface area (Å²) in [6.07, 6.45) is 0. The number of halogens is 1. The van der Waals surface area contributed by atoms with Crippen LogP contribution in [0.4, 0.5) is 0 Å². The van der Waals surface area contributed by atoms with E-state index in [9.17, 15) is 4.79 Å². The lowest BCUT2D eigenvalue weighted by atomic mass is 10.0. The molecular formula is C16H15BrN2O. The second-order valence-electron chi connectivity index (χ2n) is 4.92. The average molecular weight is 331 g/mol. The Bertz CT molecular complexity index is 818. The van der Waals surface area contributed by atoms with Gasteiger partial charge in [0.05, 0.1) is 15.9 Å². The molecule has 0 saturated heterocycles. The van der Waals surface area contributed by atoms with Gasteiger partial charge in [-0.15, -0.1) is 0 Å². The maximum Gasteiger partial charge on any atom is 0.328 e. The summed E-state index contributed by atoms with van der Waals surface area (Å²) in [5.41, 5.74) is 4.25.